The van der Waals surface area contributed by atoms with Crippen LogP contribution in [0.2, 0.25) is 0 Å². The van der Waals surface area contributed by atoms with Crippen molar-refractivity contribution in [2.45, 2.75) is 19.8 Å². The molecule has 1 aromatic carbocycles. The zero-order valence-corrected chi connectivity index (χ0v) is 11.2. The van der Waals surface area contributed by atoms with E-state index in [1.54, 1.807) is 7.05 Å². The van der Waals surface area contributed by atoms with E-state index < -0.39 is 10.2 Å². The highest BCUT2D eigenvalue weighted by atomic mass is 32.2. The van der Waals surface area contributed by atoms with Crippen molar-refractivity contribution in [1.29, 1.82) is 0 Å². The minimum Gasteiger partial charge on any atom is -0.256 e. The predicted molar refractivity (Wildman–Crippen MR) is 69.4 cm³/mol. The van der Waals surface area contributed by atoms with Gasteiger partial charge in [0.15, 0.2) is 0 Å². The topological polar surface area (TPSA) is 40.6 Å². The van der Waals surface area contributed by atoms with Gasteiger partial charge < -0.3 is 0 Å². The lowest BCUT2D eigenvalue weighted by Crippen LogP contribution is -2.30. The minimum absolute atomic E-state index is 0.460. The van der Waals surface area contributed by atoms with E-state index in [0.717, 1.165) is 5.69 Å². The molecule has 17 heavy (non-hydrogen) atoms. The molecular weight excluding hydrogens is 236 g/mol. The van der Waals surface area contributed by atoms with Crippen LogP contribution >= 0.6 is 0 Å². The second-order valence-electron chi connectivity index (χ2n) is 4.65. The second-order valence-corrected chi connectivity index (χ2v) is 6.61. The first-order valence-corrected chi connectivity index (χ1v) is 7.16. The summed E-state index contributed by atoms with van der Waals surface area (Å²) in [5.41, 5.74) is 1.97. The fourth-order valence-electron chi connectivity index (χ4n) is 1.92. The Morgan fingerprint density at radius 2 is 1.71 bits per heavy atom. The van der Waals surface area contributed by atoms with E-state index in [4.69, 9.17) is 0 Å². The van der Waals surface area contributed by atoms with Crippen molar-refractivity contribution in [3.8, 4) is 0 Å². The Bertz CT molecular complexity index is 494. The van der Waals surface area contributed by atoms with Gasteiger partial charge >= 0.3 is 10.2 Å². The molecule has 5 heteroatoms. The smallest absolute Gasteiger partial charge is 0.256 e. The number of hydrogen-bond donors (Lipinski definition) is 0. The van der Waals surface area contributed by atoms with E-state index in [0.29, 0.717) is 19.0 Å². The molecule has 1 aromatic rings. The van der Waals surface area contributed by atoms with E-state index >= 15 is 0 Å². The van der Waals surface area contributed by atoms with E-state index in [1.807, 2.05) is 24.3 Å². The number of nitrogens with zero attached hydrogens (tertiary/aromatic N) is 2. The molecule has 0 unspecified atom stereocenters. The van der Waals surface area contributed by atoms with Crippen LogP contribution in [0.4, 0.5) is 5.69 Å². The predicted octanol–water partition coefficient (Wildman–Crippen LogP) is 1.81. The summed E-state index contributed by atoms with van der Waals surface area (Å²) >= 11 is 0. The Balaban J connectivity index is 2.30. The molecule has 0 saturated carbocycles. The van der Waals surface area contributed by atoms with Gasteiger partial charge in [-0.25, -0.2) is 0 Å². The molecule has 1 saturated heterocycles. The van der Waals surface area contributed by atoms with Gasteiger partial charge in [-0.2, -0.15) is 12.7 Å². The first-order chi connectivity index (χ1) is 7.93. The third-order valence-corrected chi connectivity index (χ3v) is 5.06. The van der Waals surface area contributed by atoms with Crippen LogP contribution in [0, 0.1) is 0 Å². The first-order valence-electron chi connectivity index (χ1n) is 5.77. The van der Waals surface area contributed by atoms with Crippen molar-refractivity contribution in [3.63, 3.8) is 0 Å². The van der Waals surface area contributed by atoms with Crippen molar-refractivity contribution in [2.24, 2.45) is 0 Å². The summed E-state index contributed by atoms with van der Waals surface area (Å²) < 4.78 is 26.8. The van der Waals surface area contributed by atoms with Gasteiger partial charge in [-0.05, 0) is 23.6 Å². The van der Waals surface area contributed by atoms with Gasteiger partial charge in [-0.15, -0.1) is 0 Å². The van der Waals surface area contributed by atoms with Gasteiger partial charge in [0.25, 0.3) is 0 Å². The van der Waals surface area contributed by atoms with Crippen molar-refractivity contribution in [3.05, 3.63) is 29.8 Å². The largest absolute Gasteiger partial charge is 0.303 e. The highest BCUT2D eigenvalue weighted by Gasteiger charge is 2.33. The summed E-state index contributed by atoms with van der Waals surface area (Å²) in [4.78, 5) is 0. The van der Waals surface area contributed by atoms with Gasteiger partial charge in [0.2, 0.25) is 0 Å². The van der Waals surface area contributed by atoms with E-state index in [1.165, 1.54) is 14.2 Å². The number of anilines is 1. The molecule has 0 amide bonds. The highest BCUT2D eigenvalue weighted by Crippen LogP contribution is 2.25. The number of rotatable bonds is 2. The lowest BCUT2D eigenvalue weighted by molar-refractivity contribution is 0.511. The molecule has 2 rings (SSSR count). The third-order valence-electron chi connectivity index (χ3n) is 3.14. The highest BCUT2D eigenvalue weighted by molar-refractivity contribution is 7.90. The van der Waals surface area contributed by atoms with Crippen LogP contribution in [0.3, 0.4) is 0 Å². The molecule has 4 nitrogen and oxygen atoms in total. The first kappa shape index (κ1) is 12.4. The molecule has 1 heterocycles. The van der Waals surface area contributed by atoms with Crippen LogP contribution in [0.5, 0.6) is 0 Å². The maximum Gasteiger partial charge on any atom is 0.303 e. The molecule has 1 aliphatic rings. The van der Waals surface area contributed by atoms with Crippen molar-refractivity contribution >= 4 is 15.9 Å². The molecule has 0 bridgehead atoms. The Morgan fingerprint density at radius 3 is 2.12 bits per heavy atom. The standard InChI is InChI=1S/C12H18N2O2S/c1-10(2)11-4-6-12(7-5-11)14-9-8-13(3)17(14,15)16/h4-7,10H,8-9H2,1-3H3. The molecule has 0 N–H and O–H groups in total. The lowest BCUT2D eigenvalue weighted by atomic mass is 10.0. The summed E-state index contributed by atoms with van der Waals surface area (Å²) in [6.07, 6.45) is 0. The number of hydrogen-bond acceptors (Lipinski definition) is 2. The van der Waals surface area contributed by atoms with Crippen molar-refractivity contribution in [2.75, 3.05) is 24.4 Å². The summed E-state index contributed by atoms with van der Waals surface area (Å²) in [6, 6.07) is 7.75. The fraction of sp³-hybridized carbons (Fsp3) is 0.500. The molecule has 0 aliphatic carbocycles. The van der Waals surface area contributed by atoms with Crippen LogP contribution in [0.15, 0.2) is 24.3 Å². The average Bonchev–Trinajstić information content (AvgIpc) is 2.54. The Morgan fingerprint density at radius 1 is 1.12 bits per heavy atom. The van der Waals surface area contributed by atoms with Crippen LogP contribution in [-0.4, -0.2) is 32.9 Å². The second kappa shape index (κ2) is 4.31. The summed E-state index contributed by atoms with van der Waals surface area (Å²) in [6.45, 7) is 5.32. The summed E-state index contributed by atoms with van der Waals surface area (Å²) in [5, 5.41) is 0. The van der Waals surface area contributed by atoms with Gasteiger partial charge in [0, 0.05) is 20.1 Å². The van der Waals surface area contributed by atoms with Gasteiger partial charge in [0.05, 0.1) is 5.69 Å². The number of likely N-dealkylation sites (N-methyl/N-ethyl adjacent to an activating group) is 1. The normalized spacial score (nSPS) is 20.1. The number of benzene rings is 1. The Labute approximate surface area is 103 Å². The molecule has 0 aromatic heterocycles. The van der Waals surface area contributed by atoms with Crippen molar-refractivity contribution in [1.82, 2.24) is 4.31 Å². The Kier molecular flexibility index (Phi) is 3.14. The molecule has 0 atom stereocenters. The quantitative estimate of drug-likeness (QED) is 0.807. The molecule has 1 fully saturated rings. The Hall–Kier alpha value is -1.07. The summed E-state index contributed by atoms with van der Waals surface area (Å²) in [5.74, 6) is 0.460. The van der Waals surface area contributed by atoms with Crippen molar-refractivity contribution < 1.29 is 8.42 Å². The van der Waals surface area contributed by atoms with E-state index in [9.17, 15) is 8.42 Å². The monoisotopic (exact) mass is 254 g/mol. The lowest BCUT2D eigenvalue weighted by Gasteiger charge is -2.18. The summed E-state index contributed by atoms with van der Waals surface area (Å²) in [7, 11) is -1.68. The molecular formula is C12H18N2O2S. The molecule has 94 valence electrons. The van der Waals surface area contributed by atoms with Crippen LogP contribution in [0.25, 0.3) is 0 Å². The van der Waals surface area contributed by atoms with Gasteiger partial charge in [-0.3, -0.25) is 4.31 Å². The minimum atomic E-state index is -3.29. The fourth-order valence-corrected chi connectivity index (χ4v) is 3.27. The van der Waals surface area contributed by atoms with E-state index in [-0.39, 0.29) is 0 Å². The zero-order chi connectivity index (χ0) is 12.6. The SMILES string of the molecule is CC(C)c1ccc(N2CCN(C)S2(=O)=O)cc1. The van der Waals surface area contributed by atoms with Crippen LogP contribution in [-0.2, 0) is 10.2 Å². The molecule has 0 radical (unpaired) electrons. The third kappa shape index (κ3) is 2.17. The van der Waals surface area contributed by atoms with Gasteiger partial charge in [-0.1, -0.05) is 26.0 Å². The maximum atomic E-state index is 12.0. The van der Waals surface area contributed by atoms with Crippen LogP contribution in [0.1, 0.15) is 25.3 Å². The van der Waals surface area contributed by atoms with Gasteiger partial charge in [0.1, 0.15) is 0 Å². The van der Waals surface area contributed by atoms with Crippen LogP contribution < -0.4 is 4.31 Å². The molecule has 1 aliphatic heterocycles. The average molecular weight is 254 g/mol. The van der Waals surface area contributed by atoms with E-state index in [2.05, 4.69) is 13.8 Å². The zero-order valence-electron chi connectivity index (χ0n) is 10.4. The maximum absolute atomic E-state index is 12.0. The molecule has 0 spiro atoms.